The third-order valence-electron chi connectivity index (χ3n) is 0.721. The van der Waals surface area contributed by atoms with Gasteiger partial charge in [0.05, 0.1) is 12.5 Å². The second kappa shape index (κ2) is 4.85. The van der Waals surface area contributed by atoms with Crippen LogP contribution in [0.1, 0.15) is 6.42 Å². The van der Waals surface area contributed by atoms with Crippen molar-refractivity contribution in [2.75, 3.05) is 6.54 Å². The van der Waals surface area contributed by atoms with Crippen molar-refractivity contribution in [2.45, 2.75) is 6.42 Å². The number of carbonyl (C=O) groups excluding carboxylic acids is 1. The molecule has 48 valence electrons. The number of hydrogen-bond acceptors (Lipinski definition) is 2. The van der Waals surface area contributed by atoms with Gasteiger partial charge in [-0.2, -0.15) is 5.26 Å². The molecule has 0 radical (unpaired) electrons. The summed E-state index contributed by atoms with van der Waals surface area (Å²) in [5.41, 5.74) is 0. The van der Waals surface area contributed by atoms with E-state index in [0.717, 1.165) is 0 Å². The van der Waals surface area contributed by atoms with Gasteiger partial charge in [-0.05, 0) is 6.08 Å². The zero-order valence-corrected chi connectivity index (χ0v) is 5.05. The maximum absolute atomic E-state index is 10.3. The molecule has 0 aliphatic carbocycles. The SMILES string of the molecule is C=CC(=O)NCCC#N. The predicted octanol–water partition coefficient (Wildman–Crippen LogP) is 0.202. The van der Waals surface area contributed by atoms with E-state index in [4.69, 9.17) is 5.26 Å². The maximum Gasteiger partial charge on any atom is 0.243 e. The molecule has 0 aliphatic rings. The van der Waals surface area contributed by atoms with E-state index in [0.29, 0.717) is 13.0 Å². The molecule has 0 spiro atoms. The Labute approximate surface area is 54.0 Å². The number of nitriles is 1. The third-order valence-corrected chi connectivity index (χ3v) is 0.721. The summed E-state index contributed by atoms with van der Waals surface area (Å²) >= 11 is 0. The number of amides is 1. The van der Waals surface area contributed by atoms with Crippen LogP contribution in [0.15, 0.2) is 12.7 Å². The summed E-state index contributed by atoms with van der Waals surface area (Å²) in [5, 5.41) is 10.5. The van der Waals surface area contributed by atoms with Crippen LogP contribution >= 0.6 is 0 Å². The van der Waals surface area contributed by atoms with Gasteiger partial charge in [-0.1, -0.05) is 6.58 Å². The number of hydrogen-bond donors (Lipinski definition) is 1. The minimum Gasteiger partial charge on any atom is -0.352 e. The quantitative estimate of drug-likeness (QED) is 0.431. The molecule has 9 heavy (non-hydrogen) atoms. The van der Waals surface area contributed by atoms with Crippen molar-refractivity contribution in [2.24, 2.45) is 0 Å². The lowest BCUT2D eigenvalue weighted by atomic mass is 10.4. The lowest BCUT2D eigenvalue weighted by Crippen LogP contribution is -2.21. The van der Waals surface area contributed by atoms with Crippen LogP contribution in [0.4, 0.5) is 0 Å². The van der Waals surface area contributed by atoms with Crippen molar-refractivity contribution in [3.63, 3.8) is 0 Å². The van der Waals surface area contributed by atoms with Crippen LogP contribution in [0, 0.1) is 11.3 Å². The first-order valence-electron chi connectivity index (χ1n) is 2.58. The molecule has 0 aromatic carbocycles. The van der Waals surface area contributed by atoms with Crippen LogP contribution in [0.2, 0.25) is 0 Å². The fourth-order valence-electron chi connectivity index (χ4n) is 0.314. The average molecular weight is 124 g/mol. The predicted molar refractivity (Wildman–Crippen MR) is 33.4 cm³/mol. The summed E-state index contributed by atoms with van der Waals surface area (Å²) in [7, 11) is 0. The number of rotatable bonds is 3. The number of carbonyl (C=O) groups is 1. The Morgan fingerprint density at radius 1 is 1.89 bits per heavy atom. The van der Waals surface area contributed by atoms with E-state index < -0.39 is 0 Å². The van der Waals surface area contributed by atoms with Gasteiger partial charge in [-0.3, -0.25) is 4.79 Å². The van der Waals surface area contributed by atoms with Crippen molar-refractivity contribution in [3.05, 3.63) is 12.7 Å². The summed E-state index contributed by atoms with van der Waals surface area (Å²) in [6, 6.07) is 1.90. The zero-order valence-electron chi connectivity index (χ0n) is 5.05. The van der Waals surface area contributed by atoms with E-state index in [1.807, 2.05) is 6.07 Å². The van der Waals surface area contributed by atoms with Crippen molar-refractivity contribution in [3.8, 4) is 6.07 Å². The fraction of sp³-hybridized carbons (Fsp3) is 0.333. The van der Waals surface area contributed by atoms with Crippen molar-refractivity contribution >= 4 is 5.91 Å². The van der Waals surface area contributed by atoms with E-state index in [1.165, 1.54) is 6.08 Å². The Hall–Kier alpha value is -1.30. The molecule has 3 nitrogen and oxygen atoms in total. The Morgan fingerprint density at radius 3 is 3.00 bits per heavy atom. The number of nitrogens with zero attached hydrogens (tertiary/aromatic N) is 1. The van der Waals surface area contributed by atoms with Crippen LogP contribution < -0.4 is 5.32 Å². The van der Waals surface area contributed by atoms with Gasteiger partial charge in [0.25, 0.3) is 0 Å². The summed E-state index contributed by atoms with van der Waals surface area (Å²) in [4.78, 5) is 10.3. The van der Waals surface area contributed by atoms with Gasteiger partial charge in [0.15, 0.2) is 0 Å². The molecule has 0 saturated carbocycles. The first-order chi connectivity index (χ1) is 4.31. The van der Waals surface area contributed by atoms with E-state index in [9.17, 15) is 4.79 Å². The van der Waals surface area contributed by atoms with Crippen molar-refractivity contribution < 1.29 is 4.79 Å². The standard InChI is InChI=1S/C6H8N2O/c1-2-6(9)8-5-3-4-7/h2H,1,3,5H2,(H,8,9). The Kier molecular flexibility index (Phi) is 4.15. The molecule has 0 fully saturated rings. The summed E-state index contributed by atoms with van der Waals surface area (Å²) in [6.07, 6.45) is 1.52. The van der Waals surface area contributed by atoms with E-state index in [1.54, 1.807) is 0 Å². The van der Waals surface area contributed by atoms with Crippen LogP contribution in [-0.4, -0.2) is 12.5 Å². The van der Waals surface area contributed by atoms with Crippen LogP contribution in [0.5, 0.6) is 0 Å². The molecular formula is C6H8N2O. The van der Waals surface area contributed by atoms with Gasteiger partial charge in [0.1, 0.15) is 0 Å². The monoisotopic (exact) mass is 124 g/mol. The molecule has 0 aromatic heterocycles. The fourth-order valence-corrected chi connectivity index (χ4v) is 0.314. The lowest BCUT2D eigenvalue weighted by molar-refractivity contribution is -0.116. The van der Waals surface area contributed by atoms with Gasteiger partial charge in [0.2, 0.25) is 5.91 Å². The topological polar surface area (TPSA) is 52.9 Å². The minimum absolute atomic E-state index is 0.231. The van der Waals surface area contributed by atoms with Crippen LogP contribution in [0.25, 0.3) is 0 Å². The van der Waals surface area contributed by atoms with Crippen LogP contribution in [0.3, 0.4) is 0 Å². The largest absolute Gasteiger partial charge is 0.352 e. The average Bonchev–Trinajstić information content (AvgIpc) is 1.89. The van der Waals surface area contributed by atoms with Gasteiger partial charge < -0.3 is 5.32 Å². The van der Waals surface area contributed by atoms with Crippen molar-refractivity contribution in [1.29, 1.82) is 5.26 Å². The Morgan fingerprint density at radius 2 is 2.56 bits per heavy atom. The van der Waals surface area contributed by atoms with E-state index in [2.05, 4.69) is 11.9 Å². The second-order valence-electron chi connectivity index (χ2n) is 1.40. The highest BCUT2D eigenvalue weighted by molar-refractivity contribution is 5.86. The van der Waals surface area contributed by atoms with E-state index >= 15 is 0 Å². The van der Waals surface area contributed by atoms with Crippen molar-refractivity contribution in [1.82, 2.24) is 5.32 Å². The third kappa shape index (κ3) is 4.56. The summed E-state index contributed by atoms with van der Waals surface area (Å²) in [6.45, 7) is 3.65. The minimum atomic E-state index is -0.231. The lowest BCUT2D eigenvalue weighted by Gasteiger charge is -1.93. The smallest absolute Gasteiger partial charge is 0.243 e. The molecule has 0 aromatic rings. The Balaban J connectivity index is 3.19. The first kappa shape index (κ1) is 7.70. The molecule has 1 N–H and O–H groups in total. The molecule has 0 atom stereocenters. The van der Waals surface area contributed by atoms with Gasteiger partial charge >= 0.3 is 0 Å². The molecular weight excluding hydrogens is 116 g/mol. The molecule has 0 saturated heterocycles. The first-order valence-corrected chi connectivity index (χ1v) is 2.58. The van der Waals surface area contributed by atoms with Crippen LogP contribution in [-0.2, 0) is 4.79 Å². The van der Waals surface area contributed by atoms with Gasteiger partial charge in [0, 0.05) is 6.54 Å². The molecule has 0 unspecified atom stereocenters. The highest BCUT2D eigenvalue weighted by atomic mass is 16.1. The molecule has 3 heteroatoms. The van der Waals surface area contributed by atoms with Gasteiger partial charge in [-0.15, -0.1) is 0 Å². The van der Waals surface area contributed by atoms with Gasteiger partial charge in [-0.25, -0.2) is 0 Å². The highest BCUT2D eigenvalue weighted by Gasteiger charge is 1.88. The summed E-state index contributed by atoms with van der Waals surface area (Å²) in [5.74, 6) is -0.231. The maximum atomic E-state index is 10.3. The summed E-state index contributed by atoms with van der Waals surface area (Å²) < 4.78 is 0. The second-order valence-corrected chi connectivity index (χ2v) is 1.40. The highest BCUT2D eigenvalue weighted by Crippen LogP contribution is 1.70. The molecule has 0 heterocycles. The number of nitrogens with one attached hydrogen (secondary N) is 1. The Bertz CT molecular complexity index is 146. The molecule has 1 amide bonds. The molecule has 0 bridgehead atoms. The van der Waals surface area contributed by atoms with E-state index in [-0.39, 0.29) is 5.91 Å². The normalized spacial score (nSPS) is 7.44. The zero-order chi connectivity index (χ0) is 7.11. The molecule has 0 rings (SSSR count). The molecule has 0 aliphatic heterocycles.